The Hall–Kier alpha value is -2.95. The lowest BCUT2D eigenvalue weighted by molar-refractivity contribution is -0.140. The van der Waals surface area contributed by atoms with Crippen molar-refractivity contribution < 1.29 is 44.3 Å². The molecule has 0 atom stereocenters. The summed E-state index contributed by atoms with van der Waals surface area (Å²) in [7, 11) is -5.39. The van der Waals surface area contributed by atoms with E-state index < -0.39 is 32.0 Å². The molecule has 2 heterocycles. The number of aromatic nitrogens is 1. The van der Waals surface area contributed by atoms with Crippen LogP contribution in [0.4, 0.5) is 32.0 Å². The number of carbonyl (C=O) groups excluding carboxylic acids is 1. The minimum atomic E-state index is -5.39. The topological polar surface area (TPSA) is 91.8 Å². The van der Waals surface area contributed by atoms with Crippen molar-refractivity contribution in [3.8, 4) is 0 Å². The van der Waals surface area contributed by atoms with E-state index in [-0.39, 0.29) is 24.7 Å². The Morgan fingerprint density at radius 3 is 2.23 bits per heavy atom. The maximum atomic E-state index is 13.0. The molecule has 0 radical (unpaired) electrons. The highest BCUT2D eigenvalue weighted by Crippen LogP contribution is 2.34. The smallest absolute Gasteiger partial charge is 0.382 e. The number of fused-ring (bicyclic) bond motifs is 1. The Bertz CT molecular complexity index is 1560. The Morgan fingerprint density at radius 2 is 1.61 bits per heavy atom. The number of sulfone groups is 1. The highest BCUT2D eigenvalue weighted by Gasteiger charge is 2.46. The number of amides is 1. The normalized spacial score (nSPS) is 20.6. The molecule has 2 aromatic carbocycles. The van der Waals surface area contributed by atoms with Crippen LogP contribution < -0.4 is 5.32 Å². The zero-order valence-corrected chi connectivity index (χ0v) is 25.0. The number of nitrogens with zero attached hydrogens (tertiary/aromatic N) is 3. The van der Waals surface area contributed by atoms with Crippen molar-refractivity contribution in [2.24, 2.45) is 0 Å². The third kappa shape index (κ3) is 7.64. The number of rotatable bonds is 8. The largest absolute Gasteiger partial charge is 0.501 e. The van der Waals surface area contributed by atoms with E-state index in [4.69, 9.17) is 4.74 Å². The second-order valence-electron chi connectivity index (χ2n) is 10.8. The first-order chi connectivity index (χ1) is 20.7. The molecule has 1 aliphatic carbocycles. The molecular formula is C28H30F6N4O4S2. The molecule has 2 aliphatic rings. The minimum absolute atomic E-state index is 0.0332. The van der Waals surface area contributed by atoms with Crippen molar-refractivity contribution >= 4 is 43.0 Å². The third-order valence-electron chi connectivity index (χ3n) is 7.80. The molecule has 1 saturated heterocycles. The Labute approximate surface area is 253 Å². The number of piperazine rings is 1. The average Bonchev–Trinajstić information content (AvgIpc) is 3.38. The van der Waals surface area contributed by atoms with Crippen LogP contribution in [0.2, 0.25) is 0 Å². The van der Waals surface area contributed by atoms with Crippen LogP contribution in [0, 0.1) is 0 Å². The second kappa shape index (κ2) is 12.8. The summed E-state index contributed by atoms with van der Waals surface area (Å²) in [5.74, 6) is -0.113. The van der Waals surface area contributed by atoms with E-state index in [1.807, 2.05) is 0 Å². The van der Waals surface area contributed by atoms with E-state index in [9.17, 15) is 39.6 Å². The first kappa shape index (κ1) is 32.4. The summed E-state index contributed by atoms with van der Waals surface area (Å²) in [5, 5.41) is 3.93. The molecule has 8 nitrogen and oxygen atoms in total. The van der Waals surface area contributed by atoms with Gasteiger partial charge in [0, 0.05) is 37.9 Å². The molecule has 16 heteroatoms. The number of nitrogens with one attached hydrogen (secondary N) is 1. The van der Waals surface area contributed by atoms with E-state index in [0.717, 1.165) is 29.3 Å². The quantitative estimate of drug-likeness (QED) is 0.310. The Balaban J connectivity index is 1.01. The van der Waals surface area contributed by atoms with E-state index in [2.05, 4.69) is 15.2 Å². The van der Waals surface area contributed by atoms with Gasteiger partial charge in [-0.2, -0.15) is 26.3 Å². The summed E-state index contributed by atoms with van der Waals surface area (Å²) < 4.78 is 107. The van der Waals surface area contributed by atoms with Crippen molar-refractivity contribution in [1.29, 1.82) is 0 Å². The lowest BCUT2D eigenvalue weighted by Gasteiger charge is -2.35. The number of hydrogen-bond acceptors (Lipinski definition) is 8. The van der Waals surface area contributed by atoms with Crippen LogP contribution in [0.15, 0.2) is 47.4 Å². The SMILES string of the molecule is O=C(COC1CCC(Nc2ccc(S(=O)(=O)C(F)(F)F)cc2)CC1)N1CCN(Cc2nc3cc(C(F)(F)F)ccc3s2)CC1. The fourth-order valence-electron chi connectivity index (χ4n) is 5.32. The van der Waals surface area contributed by atoms with Gasteiger partial charge in [-0.3, -0.25) is 9.69 Å². The van der Waals surface area contributed by atoms with Gasteiger partial charge in [0.1, 0.15) is 11.6 Å². The predicted octanol–water partition coefficient (Wildman–Crippen LogP) is 5.69. The van der Waals surface area contributed by atoms with Crippen molar-refractivity contribution in [1.82, 2.24) is 14.8 Å². The molecule has 1 aliphatic heterocycles. The molecule has 1 amide bonds. The van der Waals surface area contributed by atoms with Gasteiger partial charge in [0.2, 0.25) is 5.91 Å². The van der Waals surface area contributed by atoms with Crippen LogP contribution in [-0.4, -0.2) is 79.5 Å². The first-order valence-corrected chi connectivity index (χ1v) is 16.3. The summed E-state index contributed by atoms with van der Waals surface area (Å²) in [6.45, 7) is 2.67. The lowest BCUT2D eigenvalue weighted by Crippen LogP contribution is -2.49. The minimum Gasteiger partial charge on any atom is -0.382 e. The number of ether oxygens (including phenoxy) is 1. The monoisotopic (exact) mass is 664 g/mol. The van der Waals surface area contributed by atoms with Crippen LogP contribution in [0.5, 0.6) is 0 Å². The van der Waals surface area contributed by atoms with Crippen molar-refractivity contribution in [3.63, 3.8) is 0 Å². The second-order valence-corrected chi connectivity index (χ2v) is 13.9. The van der Waals surface area contributed by atoms with Gasteiger partial charge >= 0.3 is 11.7 Å². The van der Waals surface area contributed by atoms with Crippen LogP contribution in [-0.2, 0) is 32.1 Å². The van der Waals surface area contributed by atoms with Gasteiger partial charge in [-0.05, 0) is 68.1 Å². The maximum absolute atomic E-state index is 13.0. The molecule has 1 saturated carbocycles. The fourth-order valence-corrected chi connectivity index (χ4v) is 7.07. The molecule has 5 rings (SSSR count). The number of anilines is 1. The summed E-state index contributed by atoms with van der Waals surface area (Å²) in [6.07, 6.45) is -1.72. The van der Waals surface area contributed by atoms with E-state index in [0.29, 0.717) is 74.3 Å². The first-order valence-electron chi connectivity index (χ1n) is 14.0. The zero-order chi connectivity index (χ0) is 31.7. The van der Waals surface area contributed by atoms with Gasteiger partial charge in [0.25, 0.3) is 9.84 Å². The molecule has 3 aromatic rings. The molecule has 2 fully saturated rings. The molecule has 0 bridgehead atoms. The van der Waals surface area contributed by atoms with Gasteiger partial charge in [0.05, 0.1) is 33.3 Å². The van der Waals surface area contributed by atoms with Gasteiger partial charge in [-0.25, -0.2) is 13.4 Å². The van der Waals surface area contributed by atoms with Gasteiger partial charge in [-0.15, -0.1) is 11.3 Å². The summed E-state index contributed by atoms with van der Waals surface area (Å²) in [6, 6.07) is 8.09. The van der Waals surface area contributed by atoms with E-state index >= 15 is 0 Å². The standard InChI is InChI=1S/C28H30F6N4O4S2/c29-27(30,31)18-1-10-24-23(15-18)36-25(43-24)16-37-11-13-38(14-12-37)26(39)17-42-21-6-2-19(3-7-21)35-20-4-8-22(9-5-20)44(40,41)28(32,33)34/h1,4-5,8-10,15,19,21,35H,2-3,6-7,11-14,16-17H2. The predicted molar refractivity (Wildman–Crippen MR) is 152 cm³/mol. The number of thiazole rings is 1. The van der Waals surface area contributed by atoms with E-state index in [1.165, 1.54) is 29.5 Å². The van der Waals surface area contributed by atoms with Gasteiger partial charge in [0.15, 0.2) is 0 Å². The summed E-state index contributed by atoms with van der Waals surface area (Å²) >= 11 is 1.36. The number of alkyl halides is 6. The zero-order valence-electron chi connectivity index (χ0n) is 23.3. The molecule has 1 N–H and O–H groups in total. The van der Waals surface area contributed by atoms with Crippen molar-refractivity contribution in [2.45, 2.75) is 61.0 Å². The fraction of sp³-hybridized carbons (Fsp3) is 0.500. The highest BCUT2D eigenvalue weighted by atomic mass is 32.2. The van der Waals surface area contributed by atoms with Crippen LogP contribution in [0.1, 0.15) is 36.3 Å². The number of benzene rings is 2. The summed E-state index contributed by atoms with van der Waals surface area (Å²) in [4.78, 5) is 20.2. The molecule has 1 aromatic heterocycles. The van der Waals surface area contributed by atoms with Gasteiger partial charge < -0.3 is 15.0 Å². The van der Waals surface area contributed by atoms with E-state index in [1.54, 1.807) is 4.90 Å². The molecule has 0 unspecified atom stereocenters. The number of carbonyl (C=O) groups is 1. The molecule has 240 valence electrons. The average molecular weight is 665 g/mol. The lowest BCUT2D eigenvalue weighted by atomic mass is 9.93. The van der Waals surface area contributed by atoms with Crippen LogP contribution in [0.25, 0.3) is 10.2 Å². The Morgan fingerprint density at radius 1 is 0.955 bits per heavy atom. The summed E-state index contributed by atoms with van der Waals surface area (Å²) in [5.41, 5.74) is -5.24. The number of hydrogen-bond donors (Lipinski definition) is 1. The highest BCUT2D eigenvalue weighted by molar-refractivity contribution is 7.92. The Kier molecular flexibility index (Phi) is 9.44. The molecule has 44 heavy (non-hydrogen) atoms. The third-order valence-corrected chi connectivity index (χ3v) is 10.3. The number of halogens is 6. The van der Waals surface area contributed by atoms with Crippen LogP contribution >= 0.6 is 11.3 Å². The van der Waals surface area contributed by atoms with Crippen LogP contribution in [0.3, 0.4) is 0 Å². The maximum Gasteiger partial charge on any atom is 0.501 e. The van der Waals surface area contributed by atoms with Crippen molar-refractivity contribution in [3.05, 3.63) is 53.0 Å². The van der Waals surface area contributed by atoms with Crippen molar-refractivity contribution in [2.75, 3.05) is 38.1 Å². The van der Waals surface area contributed by atoms with Gasteiger partial charge in [-0.1, -0.05) is 0 Å². The molecule has 0 spiro atoms. The molecular weight excluding hydrogens is 634 g/mol.